The Hall–Kier alpha value is -1.56. The Kier molecular flexibility index (Phi) is 4.51. The molecular weight excluding hydrogens is 238 g/mol. The first-order valence-corrected chi connectivity index (χ1v) is 7.03. The number of nitrogens with zero attached hydrogens (tertiary/aromatic N) is 1. The highest BCUT2D eigenvalue weighted by molar-refractivity contribution is 7.91. The zero-order valence-electron chi connectivity index (χ0n) is 9.76. The third-order valence-electron chi connectivity index (χ3n) is 2.22. The van der Waals surface area contributed by atoms with Gasteiger partial charge in [-0.3, -0.25) is 0 Å². The lowest BCUT2D eigenvalue weighted by Gasteiger charge is -2.03. The molecule has 17 heavy (non-hydrogen) atoms. The number of nitrogens with two attached hydrogens (primary N) is 2. The molecule has 1 rings (SSSR count). The maximum atomic E-state index is 11.8. The van der Waals surface area contributed by atoms with Crippen molar-refractivity contribution in [1.82, 2.24) is 0 Å². The van der Waals surface area contributed by atoms with Gasteiger partial charge in [-0.2, -0.15) is 0 Å². The molecule has 5 nitrogen and oxygen atoms in total. The summed E-state index contributed by atoms with van der Waals surface area (Å²) in [5.74, 6) is 0.122. The minimum absolute atomic E-state index is 0.0495. The van der Waals surface area contributed by atoms with Gasteiger partial charge in [0.1, 0.15) is 0 Å². The van der Waals surface area contributed by atoms with Crippen molar-refractivity contribution in [1.29, 1.82) is 0 Å². The molecule has 94 valence electrons. The maximum Gasteiger partial charge on any atom is 0.191 e. The first-order chi connectivity index (χ1) is 7.95. The lowest BCUT2D eigenvalue weighted by molar-refractivity contribution is 0.592. The lowest BCUT2D eigenvalue weighted by atomic mass is 10.3. The minimum Gasteiger partial charge on any atom is -0.370 e. The van der Waals surface area contributed by atoms with Gasteiger partial charge in [0.2, 0.25) is 0 Å². The molecule has 0 aliphatic rings. The molecule has 0 heterocycles. The van der Waals surface area contributed by atoms with E-state index in [-0.39, 0.29) is 11.7 Å². The average molecular weight is 255 g/mol. The van der Waals surface area contributed by atoms with Crippen LogP contribution in [0.3, 0.4) is 0 Å². The summed E-state index contributed by atoms with van der Waals surface area (Å²) >= 11 is 0. The summed E-state index contributed by atoms with van der Waals surface area (Å²) in [7, 11) is -3.18. The smallest absolute Gasteiger partial charge is 0.191 e. The number of hydrogen-bond acceptors (Lipinski definition) is 3. The minimum atomic E-state index is -3.18. The van der Waals surface area contributed by atoms with E-state index in [2.05, 4.69) is 4.99 Å². The first kappa shape index (κ1) is 13.5. The van der Waals surface area contributed by atoms with Crippen LogP contribution < -0.4 is 11.5 Å². The van der Waals surface area contributed by atoms with E-state index >= 15 is 0 Å². The van der Waals surface area contributed by atoms with Crippen LogP contribution in [0.5, 0.6) is 0 Å². The molecule has 0 fully saturated rings. The summed E-state index contributed by atoms with van der Waals surface area (Å²) in [5.41, 5.74) is 11.0. The second-order valence-electron chi connectivity index (χ2n) is 3.70. The van der Waals surface area contributed by atoms with Crippen LogP contribution in [0.1, 0.15) is 19.8 Å². The van der Waals surface area contributed by atoms with Gasteiger partial charge in [0.25, 0.3) is 0 Å². The fraction of sp³-hybridized carbons (Fsp3) is 0.364. The van der Waals surface area contributed by atoms with E-state index in [4.69, 9.17) is 11.5 Å². The molecule has 0 bridgehead atoms. The van der Waals surface area contributed by atoms with Crippen molar-refractivity contribution in [2.24, 2.45) is 16.5 Å². The van der Waals surface area contributed by atoms with E-state index in [0.29, 0.717) is 17.0 Å². The van der Waals surface area contributed by atoms with Crippen molar-refractivity contribution in [3.63, 3.8) is 0 Å². The van der Waals surface area contributed by atoms with Gasteiger partial charge in [0, 0.05) is 0 Å². The Morgan fingerprint density at radius 3 is 2.29 bits per heavy atom. The number of guanidine groups is 1. The Bertz CT molecular complexity index is 488. The van der Waals surface area contributed by atoms with Gasteiger partial charge in [0.05, 0.1) is 16.3 Å². The van der Waals surface area contributed by atoms with E-state index < -0.39 is 9.84 Å². The summed E-state index contributed by atoms with van der Waals surface area (Å²) in [6.45, 7) is 1.96. The Morgan fingerprint density at radius 1 is 1.24 bits per heavy atom. The quantitative estimate of drug-likeness (QED) is 0.609. The van der Waals surface area contributed by atoms with E-state index in [0.717, 1.165) is 6.42 Å². The van der Waals surface area contributed by atoms with Crippen LogP contribution in [-0.2, 0) is 9.84 Å². The van der Waals surface area contributed by atoms with Crippen molar-refractivity contribution in [2.45, 2.75) is 24.7 Å². The van der Waals surface area contributed by atoms with Crippen molar-refractivity contribution in [3.8, 4) is 0 Å². The highest BCUT2D eigenvalue weighted by atomic mass is 32.2. The number of unbranched alkanes of at least 4 members (excludes halogenated alkanes) is 1. The largest absolute Gasteiger partial charge is 0.370 e. The maximum absolute atomic E-state index is 11.8. The Balaban J connectivity index is 2.91. The van der Waals surface area contributed by atoms with Crippen molar-refractivity contribution in [2.75, 3.05) is 5.75 Å². The normalized spacial score (nSPS) is 11.1. The van der Waals surface area contributed by atoms with E-state index in [1.165, 1.54) is 12.1 Å². The fourth-order valence-electron chi connectivity index (χ4n) is 1.33. The van der Waals surface area contributed by atoms with Gasteiger partial charge in [-0.25, -0.2) is 13.4 Å². The standard InChI is InChI=1S/C11H17N3O2S/c1-2-3-8-17(15,16)10-6-4-9(5-7-10)14-11(12)13/h4-7H,2-3,8H2,1H3,(H4,12,13,14). The predicted molar refractivity (Wildman–Crippen MR) is 68.9 cm³/mol. The molecule has 4 N–H and O–H groups in total. The zero-order valence-corrected chi connectivity index (χ0v) is 10.6. The van der Waals surface area contributed by atoms with Crippen LogP contribution in [0.25, 0.3) is 0 Å². The third kappa shape index (κ3) is 4.07. The molecule has 0 saturated carbocycles. The number of rotatable bonds is 5. The lowest BCUT2D eigenvalue weighted by Crippen LogP contribution is -2.21. The average Bonchev–Trinajstić information content (AvgIpc) is 2.26. The molecule has 0 aliphatic heterocycles. The highest BCUT2D eigenvalue weighted by Crippen LogP contribution is 2.18. The second-order valence-corrected chi connectivity index (χ2v) is 5.81. The molecule has 0 spiro atoms. The monoisotopic (exact) mass is 255 g/mol. The van der Waals surface area contributed by atoms with Gasteiger partial charge in [0.15, 0.2) is 15.8 Å². The highest BCUT2D eigenvalue weighted by Gasteiger charge is 2.12. The molecule has 0 amide bonds. The van der Waals surface area contributed by atoms with E-state index in [1.807, 2.05) is 6.92 Å². The molecule has 1 aromatic carbocycles. The van der Waals surface area contributed by atoms with Crippen LogP contribution in [-0.4, -0.2) is 20.1 Å². The fourth-order valence-corrected chi connectivity index (χ4v) is 2.78. The zero-order chi connectivity index (χ0) is 12.9. The van der Waals surface area contributed by atoms with Crippen molar-refractivity contribution < 1.29 is 8.42 Å². The Labute approximate surface area is 101 Å². The van der Waals surface area contributed by atoms with Gasteiger partial charge >= 0.3 is 0 Å². The summed E-state index contributed by atoms with van der Waals surface area (Å²) in [5, 5.41) is 0. The molecule has 0 aliphatic carbocycles. The van der Waals surface area contributed by atoms with Crippen LogP contribution in [0.15, 0.2) is 34.2 Å². The molecule has 0 radical (unpaired) electrons. The second kappa shape index (κ2) is 5.67. The first-order valence-electron chi connectivity index (χ1n) is 5.38. The summed E-state index contributed by atoms with van der Waals surface area (Å²) in [4.78, 5) is 4.13. The molecule has 1 aromatic rings. The van der Waals surface area contributed by atoms with Crippen LogP contribution in [0.4, 0.5) is 5.69 Å². The molecule has 6 heteroatoms. The molecule has 0 saturated heterocycles. The van der Waals surface area contributed by atoms with Gasteiger partial charge in [-0.1, -0.05) is 13.3 Å². The number of aliphatic imine (C=N–C) groups is 1. The van der Waals surface area contributed by atoms with Crippen LogP contribution >= 0.6 is 0 Å². The summed E-state index contributed by atoms with van der Waals surface area (Å²) < 4.78 is 23.7. The molecular formula is C11H17N3O2S. The SMILES string of the molecule is CCCCS(=O)(=O)c1ccc(N=C(N)N)cc1. The number of sulfone groups is 1. The van der Waals surface area contributed by atoms with E-state index in [9.17, 15) is 8.42 Å². The van der Waals surface area contributed by atoms with Crippen LogP contribution in [0, 0.1) is 0 Å². The molecule has 0 unspecified atom stereocenters. The summed E-state index contributed by atoms with van der Waals surface area (Å²) in [6.07, 6.45) is 1.52. The van der Waals surface area contributed by atoms with Crippen LogP contribution in [0.2, 0.25) is 0 Å². The molecule has 0 atom stereocenters. The van der Waals surface area contributed by atoms with E-state index in [1.54, 1.807) is 12.1 Å². The third-order valence-corrected chi connectivity index (χ3v) is 4.04. The predicted octanol–water partition coefficient (Wildman–Crippen LogP) is 1.17. The van der Waals surface area contributed by atoms with Crippen molar-refractivity contribution in [3.05, 3.63) is 24.3 Å². The molecule has 0 aromatic heterocycles. The van der Waals surface area contributed by atoms with Gasteiger partial charge in [-0.05, 0) is 30.7 Å². The van der Waals surface area contributed by atoms with Gasteiger partial charge < -0.3 is 11.5 Å². The topological polar surface area (TPSA) is 98.5 Å². The van der Waals surface area contributed by atoms with Gasteiger partial charge in [-0.15, -0.1) is 0 Å². The number of benzene rings is 1. The summed E-state index contributed by atoms with van der Waals surface area (Å²) in [6, 6.07) is 6.20. The Morgan fingerprint density at radius 2 is 1.82 bits per heavy atom. The number of hydrogen-bond donors (Lipinski definition) is 2. The van der Waals surface area contributed by atoms with Crippen molar-refractivity contribution >= 4 is 21.5 Å².